The van der Waals surface area contributed by atoms with Gasteiger partial charge >= 0.3 is 0 Å². The number of nitriles is 1. The largest absolute Gasteiger partial charge is 0.493 e. The summed E-state index contributed by atoms with van der Waals surface area (Å²) in [6.45, 7) is 3.26. The first kappa shape index (κ1) is 18.8. The topological polar surface area (TPSA) is 67.4 Å². The van der Waals surface area contributed by atoms with Gasteiger partial charge in [0.25, 0.3) is 0 Å². The molecular formula is C22H24N2O3. The molecule has 0 amide bonds. The van der Waals surface area contributed by atoms with Crippen molar-refractivity contribution < 1.29 is 13.9 Å². The first-order valence-electron chi connectivity index (χ1n) is 9.10. The van der Waals surface area contributed by atoms with Crippen molar-refractivity contribution in [2.45, 2.75) is 32.4 Å². The Morgan fingerprint density at radius 1 is 1.15 bits per heavy atom. The molecule has 1 aromatic heterocycles. The highest BCUT2D eigenvalue weighted by Gasteiger charge is 2.12. The lowest BCUT2D eigenvalue weighted by Gasteiger charge is -2.14. The van der Waals surface area contributed by atoms with E-state index in [1.165, 1.54) is 0 Å². The smallest absolute Gasteiger partial charge is 0.161 e. The second kappa shape index (κ2) is 9.11. The van der Waals surface area contributed by atoms with E-state index >= 15 is 0 Å². The van der Waals surface area contributed by atoms with Crippen LogP contribution in [-0.2, 0) is 6.54 Å². The zero-order chi connectivity index (χ0) is 19.1. The van der Waals surface area contributed by atoms with Gasteiger partial charge in [-0.15, -0.1) is 0 Å². The van der Waals surface area contributed by atoms with Crippen LogP contribution in [0.4, 0.5) is 0 Å². The van der Waals surface area contributed by atoms with Crippen molar-refractivity contribution in [3.8, 4) is 17.6 Å². The van der Waals surface area contributed by atoms with Gasteiger partial charge in [-0.3, -0.25) is 0 Å². The summed E-state index contributed by atoms with van der Waals surface area (Å²) >= 11 is 0. The summed E-state index contributed by atoms with van der Waals surface area (Å²) in [6.07, 6.45) is 1.18. The fourth-order valence-corrected chi connectivity index (χ4v) is 2.86. The molecule has 27 heavy (non-hydrogen) atoms. The fourth-order valence-electron chi connectivity index (χ4n) is 2.86. The van der Waals surface area contributed by atoms with E-state index in [2.05, 4.69) is 30.4 Å². The average Bonchev–Trinajstić information content (AvgIpc) is 3.14. The summed E-state index contributed by atoms with van der Waals surface area (Å²) in [6, 6.07) is 18.2. The third-order valence-corrected chi connectivity index (χ3v) is 4.40. The third kappa shape index (κ3) is 4.81. The fraction of sp³-hybridized carbons (Fsp3) is 0.318. The van der Waals surface area contributed by atoms with Gasteiger partial charge in [-0.05, 0) is 43.2 Å². The summed E-state index contributed by atoms with van der Waals surface area (Å²) < 4.78 is 17.1. The average molecular weight is 364 g/mol. The molecule has 0 saturated carbocycles. The number of fused-ring (bicyclic) bond motifs is 1. The molecule has 0 aliphatic carbocycles. The lowest BCUT2D eigenvalue weighted by atomic mass is 10.1. The molecule has 1 heterocycles. The number of furan rings is 1. The normalized spacial score (nSPS) is 11.9. The van der Waals surface area contributed by atoms with Gasteiger partial charge in [0, 0.05) is 18.4 Å². The number of rotatable bonds is 9. The predicted molar refractivity (Wildman–Crippen MR) is 105 cm³/mol. The van der Waals surface area contributed by atoms with Gasteiger partial charge in [0.1, 0.15) is 11.3 Å². The molecule has 2 aromatic carbocycles. The molecule has 1 unspecified atom stereocenters. The Bertz CT molecular complexity index is 894. The van der Waals surface area contributed by atoms with Crippen molar-refractivity contribution in [2.24, 2.45) is 0 Å². The van der Waals surface area contributed by atoms with Crippen LogP contribution in [0.25, 0.3) is 11.0 Å². The highest BCUT2D eigenvalue weighted by molar-refractivity contribution is 5.77. The highest BCUT2D eigenvalue weighted by atomic mass is 16.5. The van der Waals surface area contributed by atoms with Gasteiger partial charge in [-0.25, -0.2) is 0 Å². The zero-order valence-corrected chi connectivity index (χ0v) is 15.7. The lowest BCUT2D eigenvalue weighted by Crippen LogP contribution is -2.17. The number of benzene rings is 2. The van der Waals surface area contributed by atoms with E-state index in [9.17, 15) is 0 Å². The van der Waals surface area contributed by atoms with Crippen molar-refractivity contribution in [1.82, 2.24) is 5.32 Å². The number of para-hydroxylation sites is 1. The van der Waals surface area contributed by atoms with Gasteiger partial charge in [0.15, 0.2) is 11.5 Å². The van der Waals surface area contributed by atoms with Gasteiger partial charge < -0.3 is 19.2 Å². The van der Waals surface area contributed by atoms with Gasteiger partial charge in [-0.2, -0.15) is 5.26 Å². The van der Waals surface area contributed by atoms with Crippen LogP contribution in [0.5, 0.6) is 11.5 Å². The minimum Gasteiger partial charge on any atom is -0.493 e. The molecule has 0 aliphatic rings. The van der Waals surface area contributed by atoms with Crippen LogP contribution in [0.2, 0.25) is 0 Å². The Morgan fingerprint density at radius 2 is 2.00 bits per heavy atom. The van der Waals surface area contributed by atoms with Crippen molar-refractivity contribution in [1.29, 1.82) is 5.26 Å². The molecule has 0 spiro atoms. The molecule has 0 radical (unpaired) electrons. The maximum atomic E-state index is 8.62. The summed E-state index contributed by atoms with van der Waals surface area (Å²) in [5.74, 6) is 2.31. The van der Waals surface area contributed by atoms with E-state index in [1.54, 1.807) is 7.11 Å². The van der Waals surface area contributed by atoms with Gasteiger partial charge in [0.05, 0.1) is 25.8 Å². The molecule has 1 N–H and O–H groups in total. The summed E-state index contributed by atoms with van der Waals surface area (Å²) in [7, 11) is 1.62. The number of hydrogen-bond acceptors (Lipinski definition) is 5. The predicted octanol–water partition coefficient (Wildman–Crippen LogP) is 4.97. The molecular weight excluding hydrogens is 340 g/mol. The van der Waals surface area contributed by atoms with E-state index in [4.69, 9.17) is 19.2 Å². The molecule has 5 nitrogen and oxygen atoms in total. The van der Waals surface area contributed by atoms with E-state index in [0.29, 0.717) is 37.5 Å². The summed E-state index contributed by atoms with van der Waals surface area (Å²) in [5, 5.41) is 13.2. The van der Waals surface area contributed by atoms with Crippen molar-refractivity contribution in [3.63, 3.8) is 0 Å². The Hall–Kier alpha value is -2.97. The van der Waals surface area contributed by atoms with Crippen molar-refractivity contribution >= 4 is 11.0 Å². The summed E-state index contributed by atoms with van der Waals surface area (Å²) in [4.78, 5) is 0. The second-order valence-corrected chi connectivity index (χ2v) is 6.38. The lowest BCUT2D eigenvalue weighted by molar-refractivity contribution is 0.290. The number of unbranched alkanes of at least 4 members (excludes halogenated alkanes) is 1. The van der Waals surface area contributed by atoms with E-state index in [-0.39, 0.29) is 6.04 Å². The van der Waals surface area contributed by atoms with Crippen LogP contribution in [0.1, 0.15) is 37.1 Å². The Morgan fingerprint density at radius 3 is 2.78 bits per heavy atom. The third-order valence-electron chi connectivity index (χ3n) is 4.40. The van der Waals surface area contributed by atoms with Crippen LogP contribution >= 0.6 is 0 Å². The molecule has 3 rings (SSSR count). The van der Waals surface area contributed by atoms with E-state index in [1.807, 2.05) is 36.4 Å². The standard InChI is InChI=1S/C22H24N2O3/c1-16(21-14-18-7-3-4-8-19(18)27-21)24-15-17-9-10-20(25-2)22(13-17)26-12-6-5-11-23/h3-4,7-10,13-14,16,24H,5-6,12,15H2,1-2H3. The molecule has 140 valence electrons. The van der Waals surface area contributed by atoms with E-state index < -0.39 is 0 Å². The Balaban J connectivity index is 1.63. The van der Waals surface area contributed by atoms with Gasteiger partial charge in [-0.1, -0.05) is 24.3 Å². The first-order valence-corrected chi connectivity index (χ1v) is 9.10. The van der Waals surface area contributed by atoms with E-state index in [0.717, 1.165) is 22.3 Å². The number of ether oxygens (including phenoxy) is 2. The van der Waals surface area contributed by atoms with Crippen molar-refractivity contribution in [2.75, 3.05) is 13.7 Å². The monoisotopic (exact) mass is 364 g/mol. The Kier molecular flexibility index (Phi) is 6.35. The maximum Gasteiger partial charge on any atom is 0.161 e. The molecule has 1 atom stereocenters. The highest BCUT2D eigenvalue weighted by Crippen LogP contribution is 2.29. The molecule has 0 bridgehead atoms. The van der Waals surface area contributed by atoms with Crippen LogP contribution in [0.3, 0.4) is 0 Å². The molecule has 5 heteroatoms. The SMILES string of the molecule is COc1ccc(CNC(C)c2cc3ccccc3o2)cc1OCCCC#N. The van der Waals surface area contributed by atoms with Crippen LogP contribution in [0, 0.1) is 11.3 Å². The molecule has 0 fully saturated rings. The number of nitrogens with zero attached hydrogens (tertiary/aromatic N) is 1. The Labute approximate surface area is 159 Å². The maximum absolute atomic E-state index is 8.62. The molecule has 0 aliphatic heterocycles. The van der Waals surface area contributed by atoms with Gasteiger partial charge in [0.2, 0.25) is 0 Å². The molecule has 0 saturated heterocycles. The van der Waals surface area contributed by atoms with Crippen LogP contribution in [-0.4, -0.2) is 13.7 Å². The second-order valence-electron chi connectivity index (χ2n) is 6.38. The zero-order valence-electron chi connectivity index (χ0n) is 15.7. The minimum absolute atomic E-state index is 0.0829. The first-order chi connectivity index (χ1) is 13.2. The van der Waals surface area contributed by atoms with Crippen molar-refractivity contribution in [3.05, 3.63) is 59.9 Å². The summed E-state index contributed by atoms with van der Waals surface area (Å²) in [5.41, 5.74) is 1.99. The quantitative estimate of drug-likeness (QED) is 0.543. The van der Waals surface area contributed by atoms with Crippen LogP contribution < -0.4 is 14.8 Å². The molecule has 3 aromatic rings. The number of hydrogen-bond donors (Lipinski definition) is 1. The minimum atomic E-state index is 0.0829. The number of nitrogens with one attached hydrogen (secondary N) is 1. The van der Waals surface area contributed by atoms with Crippen LogP contribution in [0.15, 0.2) is 52.9 Å². The number of methoxy groups -OCH3 is 1.